The van der Waals surface area contributed by atoms with Crippen molar-refractivity contribution in [1.82, 2.24) is 5.32 Å². The van der Waals surface area contributed by atoms with Crippen LogP contribution in [0.1, 0.15) is 24.3 Å². The summed E-state index contributed by atoms with van der Waals surface area (Å²) in [4.78, 5) is 0. The third kappa shape index (κ3) is 2.61. The van der Waals surface area contributed by atoms with Crippen LogP contribution in [0.15, 0.2) is 24.3 Å². The van der Waals surface area contributed by atoms with Gasteiger partial charge in [-0.05, 0) is 31.0 Å². The zero-order valence-corrected chi connectivity index (χ0v) is 10.8. The Bertz CT molecular complexity index is 372. The fourth-order valence-electron chi connectivity index (χ4n) is 2.50. The molecule has 92 valence electrons. The first-order chi connectivity index (χ1) is 8.43. The number of hydrogen-bond acceptors (Lipinski definition) is 3. The zero-order valence-electron chi connectivity index (χ0n) is 10.0. The minimum absolute atomic E-state index is 0.442. The molecule has 0 radical (unpaired) electrons. The second kappa shape index (κ2) is 5.32. The molecule has 3 rings (SSSR count). The molecule has 1 aromatic rings. The Morgan fingerprint density at radius 2 is 2.12 bits per heavy atom. The second-order valence-electron chi connectivity index (χ2n) is 4.86. The van der Waals surface area contributed by atoms with Crippen LogP contribution in [-0.2, 0) is 0 Å². The summed E-state index contributed by atoms with van der Waals surface area (Å²) in [5.41, 5.74) is 1.40. The van der Waals surface area contributed by atoms with E-state index in [1.807, 2.05) is 11.8 Å². The maximum Gasteiger partial charge on any atom is 0.123 e. The van der Waals surface area contributed by atoms with Gasteiger partial charge in [-0.1, -0.05) is 18.2 Å². The molecule has 1 N–H and O–H groups in total. The average molecular weight is 249 g/mol. The molecule has 0 amide bonds. The van der Waals surface area contributed by atoms with Gasteiger partial charge in [-0.3, -0.25) is 0 Å². The van der Waals surface area contributed by atoms with E-state index in [1.54, 1.807) is 0 Å². The standard InChI is InChI=1S/C14H19NOS/c1-2-6-14(16-12-9-17-10-12)13(5-1)11-4-3-7-15-8-11/h1-2,5-6,11-12,15H,3-4,7-10H2. The highest BCUT2D eigenvalue weighted by atomic mass is 32.2. The van der Waals surface area contributed by atoms with Crippen molar-refractivity contribution in [2.45, 2.75) is 24.9 Å². The van der Waals surface area contributed by atoms with Gasteiger partial charge in [-0.25, -0.2) is 0 Å². The Morgan fingerprint density at radius 3 is 2.82 bits per heavy atom. The quantitative estimate of drug-likeness (QED) is 0.890. The molecule has 0 aliphatic carbocycles. The smallest absolute Gasteiger partial charge is 0.123 e. The van der Waals surface area contributed by atoms with Crippen LogP contribution in [-0.4, -0.2) is 30.7 Å². The average Bonchev–Trinajstić information content (AvgIpc) is 2.35. The van der Waals surface area contributed by atoms with Crippen LogP contribution >= 0.6 is 11.8 Å². The third-order valence-electron chi connectivity index (χ3n) is 3.56. The van der Waals surface area contributed by atoms with E-state index in [2.05, 4.69) is 29.6 Å². The minimum atomic E-state index is 0.442. The Labute approximate surface area is 107 Å². The Kier molecular flexibility index (Phi) is 3.57. The first kappa shape index (κ1) is 11.4. The van der Waals surface area contributed by atoms with Gasteiger partial charge in [-0.2, -0.15) is 11.8 Å². The van der Waals surface area contributed by atoms with Crippen molar-refractivity contribution in [2.24, 2.45) is 0 Å². The van der Waals surface area contributed by atoms with Crippen molar-refractivity contribution >= 4 is 11.8 Å². The number of rotatable bonds is 3. The number of thioether (sulfide) groups is 1. The molecule has 3 heteroatoms. The molecule has 1 atom stereocenters. The SMILES string of the molecule is c1ccc(C2CCCNC2)c(OC2CSC2)c1. The van der Waals surface area contributed by atoms with Crippen LogP contribution in [0.5, 0.6) is 5.75 Å². The van der Waals surface area contributed by atoms with Crippen LogP contribution in [0.3, 0.4) is 0 Å². The summed E-state index contributed by atoms with van der Waals surface area (Å²) >= 11 is 1.97. The van der Waals surface area contributed by atoms with Crippen molar-refractivity contribution in [3.05, 3.63) is 29.8 Å². The molecule has 1 aromatic carbocycles. The summed E-state index contributed by atoms with van der Waals surface area (Å²) < 4.78 is 6.09. The lowest BCUT2D eigenvalue weighted by molar-refractivity contribution is 0.235. The number of hydrogen-bond donors (Lipinski definition) is 1. The highest BCUT2D eigenvalue weighted by molar-refractivity contribution is 8.00. The topological polar surface area (TPSA) is 21.3 Å². The van der Waals surface area contributed by atoms with E-state index >= 15 is 0 Å². The van der Waals surface area contributed by atoms with Crippen LogP contribution in [0.2, 0.25) is 0 Å². The number of nitrogens with one attached hydrogen (secondary N) is 1. The fraction of sp³-hybridized carbons (Fsp3) is 0.571. The number of para-hydroxylation sites is 1. The van der Waals surface area contributed by atoms with Crippen LogP contribution in [0.25, 0.3) is 0 Å². The Morgan fingerprint density at radius 1 is 1.24 bits per heavy atom. The summed E-state index contributed by atoms with van der Waals surface area (Å²) in [7, 11) is 0. The lowest BCUT2D eigenvalue weighted by atomic mass is 9.91. The zero-order chi connectivity index (χ0) is 11.5. The van der Waals surface area contributed by atoms with Crippen molar-refractivity contribution in [2.75, 3.05) is 24.6 Å². The van der Waals surface area contributed by atoms with Gasteiger partial charge in [0.05, 0.1) is 0 Å². The van der Waals surface area contributed by atoms with Crippen molar-refractivity contribution in [1.29, 1.82) is 0 Å². The maximum absolute atomic E-state index is 6.09. The van der Waals surface area contributed by atoms with Crippen LogP contribution in [0, 0.1) is 0 Å². The lowest BCUT2D eigenvalue weighted by Crippen LogP contribution is -2.32. The molecule has 0 aromatic heterocycles. The number of piperidine rings is 1. The number of benzene rings is 1. The molecule has 2 heterocycles. The van der Waals surface area contributed by atoms with Crippen molar-refractivity contribution < 1.29 is 4.74 Å². The molecule has 17 heavy (non-hydrogen) atoms. The predicted octanol–water partition coefficient (Wildman–Crippen LogP) is 2.65. The van der Waals surface area contributed by atoms with Gasteiger partial charge >= 0.3 is 0 Å². The summed E-state index contributed by atoms with van der Waals surface area (Å²) in [5.74, 6) is 4.05. The van der Waals surface area contributed by atoms with Crippen LogP contribution in [0.4, 0.5) is 0 Å². The highest BCUT2D eigenvalue weighted by Gasteiger charge is 2.23. The minimum Gasteiger partial charge on any atom is -0.488 e. The normalized spacial score (nSPS) is 25.3. The van der Waals surface area contributed by atoms with E-state index in [4.69, 9.17) is 4.74 Å². The predicted molar refractivity (Wildman–Crippen MR) is 73.0 cm³/mol. The number of ether oxygens (including phenoxy) is 1. The first-order valence-corrected chi connectivity index (χ1v) is 7.63. The van der Waals surface area contributed by atoms with Crippen molar-refractivity contribution in [3.8, 4) is 5.75 Å². The molecular formula is C14H19NOS. The largest absolute Gasteiger partial charge is 0.488 e. The van der Waals surface area contributed by atoms with E-state index in [9.17, 15) is 0 Å². The summed E-state index contributed by atoms with van der Waals surface area (Å²) in [6, 6.07) is 8.58. The van der Waals surface area contributed by atoms with Gasteiger partial charge in [-0.15, -0.1) is 0 Å². The van der Waals surface area contributed by atoms with Gasteiger partial charge in [0, 0.05) is 24.0 Å². The van der Waals surface area contributed by atoms with Gasteiger partial charge < -0.3 is 10.1 Å². The van der Waals surface area contributed by atoms with E-state index in [0.717, 1.165) is 23.8 Å². The van der Waals surface area contributed by atoms with Gasteiger partial charge in [0.25, 0.3) is 0 Å². The summed E-state index contributed by atoms with van der Waals surface area (Å²) in [5, 5.41) is 3.48. The molecule has 2 aliphatic heterocycles. The lowest BCUT2D eigenvalue weighted by Gasteiger charge is -2.30. The monoisotopic (exact) mass is 249 g/mol. The van der Waals surface area contributed by atoms with E-state index in [0.29, 0.717) is 12.0 Å². The molecular weight excluding hydrogens is 230 g/mol. The Hall–Kier alpha value is -0.670. The maximum atomic E-state index is 6.09. The molecule has 2 aliphatic rings. The second-order valence-corrected chi connectivity index (χ2v) is 5.93. The van der Waals surface area contributed by atoms with Crippen LogP contribution < -0.4 is 10.1 Å². The molecule has 0 saturated carbocycles. The van der Waals surface area contributed by atoms with Crippen molar-refractivity contribution in [3.63, 3.8) is 0 Å². The van der Waals surface area contributed by atoms with Gasteiger partial charge in [0.2, 0.25) is 0 Å². The van der Waals surface area contributed by atoms with E-state index in [-0.39, 0.29) is 0 Å². The van der Waals surface area contributed by atoms with Gasteiger partial charge in [0.1, 0.15) is 11.9 Å². The molecule has 0 bridgehead atoms. The molecule has 2 saturated heterocycles. The summed E-state index contributed by atoms with van der Waals surface area (Å²) in [6.07, 6.45) is 3.00. The van der Waals surface area contributed by atoms with E-state index in [1.165, 1.54) is 24.9 Å². The first-order valence-electron chi connectivity index (χ1n) is 6.47. The molecule has 0 spiro atoms. The highest BCUT2D eigenvalue weighted by Crippen LogP contribution is 2.33. The Balaban J connectivity index is 1.76. The van der Waals surface area contributed by atoms with E-state index < -0.39 is 0 Å². The summed E-state index contributed by atoms with van der Waals surface area (Å²) in [6.45, 7) is 2.26. The molecule has 2 nitrogen and oxygen atoms in total. The fourth-order valence-corrected chi connectivity index (χ4v) is 3.07. The molecule has 2 fully saturated rings. The third-order valence-corrected chi connectivity index (χ3v) is 4.77. The molecule has 1 unspecified atom stereocenters. The van der Waals surface area contributed by atoms with Gasteiger partial charge in [0.15, 0.2) is 0 Å².